The van der Waals surface area contributed by atoms with Gasteiger partial charge in [-0.3, -0.25) is 0 Å². The molecule has 0 spiro atoms. The quantitative estimate of drug-likeness (QED) is 0.156. The summed E-state index contributed by atoms with van der Waals surface area (Å²) < 4.78 is 0. The molecule has 262 valence electrons. The molecule has 1 unspecified atom stereocenters. The van der Waals surface area contributed by atoms with Crippen LogP contribution in [-0.2, 0) is 6.42 Å². The number of benzene rings is 9. The summed E-state index contributed by atoms with van der Waals surface area (Å²) in [7, 11) is 0. The van der Waals surface area contributed by atoms with E-state index in [1.807, 2.05) is 0 Å². The van der Waals surface area contributed by atoms with Gasteiger partial charge in [0.15, 0.2) is 0 Å². The van der Waals surface area contributed by atoms with Crippen molar-refractivity contribution in [2.24, 2.45) is 0 Å². The van der Waals surface area contributed by atoms with Crippen molar-refractivity contribution < 1.29 is 0 Å². The number of hydrogen-bond acceptors (Lipinski definition) is 0. The summed E-state index contributed by atoms with van der Waals surface area (Å²) in [5.74, 6) is 0.324. The largest absolute Gasteiger partial charge is 0.0830 e. The molecule has 0 saturated carbocycles. The van der Waals surface area contributed by atoms with Crippen LogP contribution in [0, 0.1) is 0 Å². The van der Waals surface area contributed by atoms with E-state index in [1.54, 1.807) is 0 Å². The van der Waals surface area contributed by atoms with Crippen LogP contribution in [0.25, 0.3) is 93.7 Å². The van der Waals surface area contributed by atoms with Gasteiger partial charge in [0.25, 0.3) is 0 Å². The molecule has 0 bridgehead atoms. The van der Waals surface area contributed by atoms with Gasteiger partial charge in [0.05, 0.1) is 0 Å². The SMILES string of the molecule is C1=Cc2ccc3c(-c4ccccc4-c4cccc(C5=CC(c6ccc(-c7ccc8ccc9cccc%10ccc7c8c9%10)cc6)CC=C5)c4)ccc4c3c2C(=CC4)C1. The first-order chi connectivity index (χ1) is 27.7. The lowest BCUT2D eigenvalue weighted by atomic mass is 9.79. The Kier molecular flexibility index (Phi) is 6.98. The van der Waals surface area contributed by atoms with Crippen molar-refractivity contribution >= 4 is 60.3 Å². The third kappa shape index (κ3) is 4.85. The first-order valence-corrected chi connectivity index (χ1v) is 20.1. The average Bonchev–Trinajstić information content (AvgIpc) is 3.27. The van der Waals surface area contributed by atoms with Gasteiger partial charge in [-0.1, -0.05) is 182 Å². The van der Waals surface area contributed by atoms with Gasteiger partial charge in [-0.2, -0.15) is 0 Å². The topological polar surface area (TPSA) is 0 Å². The highest BCUT2D eigenvalue weighted by Crippen LogP contribution is 2.46. The summed E-state index contributed by atoms with van der Waals surface area (Å²) in [6.07, 6.45) is 17.2. The molecule has 0 heteroatoms. The monoisotopic (exact) mass is 710 g/mol. The van der Waals surface area contributed by atoms with E-state index in [0.717, 1.165) is 19.3 Å². The Bertz CT molecular complexity index is 3180. The van der Waals surface area contributed by atoms with Crippen LogP contribution in [0.15, 0.2) is 182 Å². The fourth-order valence-corrected chi connectivity index (χ4v) is 10.1. The summed E-state index contributed by atoms with van der Waals surface area (Å²) in [6.45, 7) is 0. The second kappa shape index (κ2) is 12.4. The minimum absolute atomic E-state index is 0.324. The normalized spacial score (nSPS) is 15.9. The van der Waals surface area contributed by atoms with Crippen LogP contribution in [0.2, 0.25) is 0 Å². The van der Waals surface area contributed by atoms with Crippen molar-refractivity contribution in [1.29, 1.82) is 0 Å². The predicted molar refractivity (Wildman–Crippen MR) is 240 cm³/mol. The molecule has 0 aromatic heterocycles. The highest BCUT2D eigenvalue weighted by atomic mass is 14.3. The van der Waals surface area contributed by atoms with Crippen LogP contribution in [0.5, 0.6) is 0 Å². The Morgan fingerprint density at radius 3 is 2.07 bits per heavy atom. The van der Waals surface area contributed by atoms with Gasteiger partial charge in [0, 0.05) is 5.92 Å². The molecule has 1 atom stereocenters. The molecule has 0 saturated heterocycles. The second-order valence-electron chi connectivity index (χ2n) is 15.8. The number of rotatable bonds is 5. The highest BCUT2D eigenvalue weighted by Gasteiger charge is 2.22. The smallest absolute Gasteiger partial charge is 0.00617 e. The van der Waals surface area contributed by atoms with E-state index in [9.17, 15) is 0 Å². The third-order valence-corrected chi connectivity index (χ3v) is 12.8. The first kappa shape index (κ1) is 31.6. The van der Waals surface area contributed by atoms with Crippen LogP contribution in [0.1, 0.15) is 46.6 Å². The van der Waals surface area contributed by atoms with Gasteiger partial charge in [-0.05, 0) is 141 Å². The minimum atomic E-state index is 0.324. The summed E-state index contributed by atoms with van der Waals surface area (Å²) in [5, 5.41) is 10.8. The molecular formula is C56H38. The Balaban J connectivity index is 0.881. The Morgan fingerprint density at radius 2 is 1.18 bits per heavy atom. The fraction of sp³-hybridized carbons (Fsp3) is 0.0714. The summed E-state index contributed by atoms with van der Waals surface area (Å²) in [6, 6.07) is 57.2. The maximum atomic E-state index is 2.48. The highest BCUT2D eigenvalue weighted by molar-refractivity contribution is 6.25. The zero-order valence-electron chi connectivity index (χ0n) is 31.1. The van der Waals surface area contributed by atoms with Gasteiger partial charge in [0.2, 0.25) is 0 Å². The maximum Gasteiger partial charge on any atom is 0.00617 e. The zero-order chi connectivity index (χ0) is 36.7. The van der Waals surface area contributed by atoms with E-state index in [4.69, 9.17) is 0 Å². The number of hydrogen-bond donors (Lipinski definition) is 0. The molecule has 0 N–H and O–H groups in total. The van der Waals surface area contributed by atoms with Gasteiger partial charge in [-0.15, -0.1) is 0 Å². The van der Waals surface area contributed by atoms with Crippen molar-refractivity contribution in [3.63, 3.8) is 0 Å². The van der Waals surface area contributed by atoms with Crippen LogP contribution in [-0.4, -0.2) is 0 Å². The summed E-state index contributed by atoms with van der Waals surface area (Å²) in [5.41, 5.74) is 17.3. The molecule has 0 nitrogen and oxygen atoms in total. The third-order valence-electron chi connectivity index (χ3n) is 12.8. The Labute approximate surface area is 327 Å². The lowest BCUT2D eigenvalue weighted by Crippen LogP contribution is -2.03. The minimum Gasteiger partial charge on any atom is -0.0830 e. The van der Waals surface area contributed by atoms with E-state index in [2.05, 4.69) is 188 Å². The van der Waals surface area contributed by atoms with E-state index in [1.165, 1.54) is 115 Å². The second-order valence-corrected chi connectivity index (χ2v) is 15.8. The van der Waals surface area contributed by atoms with Crippen molar-refractivity contribution in [2.75, 3.05) is 0 Å². The molecule has 0 aliphatic heterocycles. The molecule has 0 heterocycles. The van der Waals surface area contributed by atoms with Gasteiger partial charge in [0.1, 0.15) is 0 Å². The van der Waals surface area contributed by atoms with Crippen molar-refractivity contribution in [2.45, 2.75) is 25.2 Å². The molecule has 0 fully saturated rings. The van der Waals surface area contributed by atoms with Gasteiger partial charge >= 0.3 is 0 Å². The van der Waals surface area contributed by atoms with E-state index < -0.39 is 0 Å². The maximum absolute atomic E-state index is 2.48. The van der Waals surface area contributed by atoms with Crippen LogP contribution in [0.3, 0.4) is 0 Å². The molecule has 3 aliphatic rings. The van der Waals surface area contributed by atoms with Gasteiger partial charge < -0.3 is 0 Å². The molecule has 0 radical (unpaired) electrons. The molecule has 56 heavy (non-hydrogen) atoms. The molecule has 3 aliphatic carbocycles. The molecule has 12 rings (SSSR count). The molecule has 9 aromatic carbocycles. The molecule has 9 aromatic rings. The van der Waals surface area contributed by atoms with Crippen molar-refractivity contribution in [3.05, 3.63) is 210 Å². The Morgan fingerprint density at radius 1 is 0.446 bits per heavy atom. The van der Waals surface area contributed by atoms with E-state index >= 15 is 0 Å². The van der Waals surface area contributed by atoms with Gasteiger partial charge in [-0.25, -0.2) is 0 Å². The van der Waals surface area contributed by atoms with E-state index in [-0.39, 0.29) is 0 Å². The van der Waals surface area contributed by atoms with Crippen LogP contribution in [0.4, 0.5) is 0 Å². The summed E-state index contributed by atoms with van der Waals surface area (Å²) in [4.78, 5) is 0. The molecular weight excluding hydrogens is 673 g/mol. The fourth-order valence-electron chi connectivity index (χ4n) is 10.1. The Hall–Kier alpha value is -6.76. The number of allylic oxidation sites excluding steroid dienone is 7. The lowest BCUT2D eigenvalue weighted by molar-refractivity contribution is 0.857. The standard InChI is InChI=1S/C56H38/c1-2-16-49(50-30-26-42-24-22-38-8-4-10-40-28-32-52(50)56(42)54(38)40)47(15-1)46-14-6-13-45(34-46)44-12-5-11-43(33-44)35-17-19-36(20-18-35)48-29-25-41-23-21-37-7-3-9-39-27-31-51(48)55(41)53(37)39/h1-7,9-10,12-23,25-34,43H,8,11,24H2. The predicted octanol–water partition coefficient (Wildman–Crippen LogP) is 15.2. The van der Waals surface area contributed by atoms with Crippen molar-refractivity contribution in [3.8, 4) is 33.4 Å². The van der Waals surface area contributed by atoms with Crippen LogP contribution < -0.4 is 0 Å². The zero-order valence-corrected chi connectivity index (χ0v) is 31.1. The summed E-state index contributed by atoms with van der Waals surface area (Å²) >= 11 is 0. The lowest BCUT2D eigenvalue weighted by Gasteiger charge is -2.25. The first-order valence-electron chi connectivity index (χ1n) is 20.1. The van der Waals surface area contributed by atoms with Crippen LogP contribution >= 0.6 is 0 Å². The van der Waals surface area contributed by atoms with Crippen molar-refractivity contribution in [1.82, 2.24) is 0 Å². The average molecular weight is 711 g/mol. The molecule has 0 amide bonds. The van der Waals surface area contributed by atoms with E-state index in [0.29, 0.717) is 5.92 Å².